The van der Waals surface area contributed by atoms with E-state index in [-0.39, 0.29) is 12.0 Å². The standard InChI is InChI=1S/C13H15F4N/c14-12-7-9(4-5-11(12)13(15,16)17)8-2-1-3-10(18)6-8/h4-5,7-8,10H,1-3,6,18H2. The van der Waals surface area contributed by atoms with Gasteiger partial charge in [-0.1, -0.05) is 12.5 Å². The predicted molar refractivity (Wildman–Crippen MR) is 60.6 cm³/mol. The van der Waals surface area contributed by atoms with Gasteiger partial charge in [-0.15, -0.1) is 0 Å². The first-order valence-electron chi connectivity index (χ1n) is 6.00. The summed E-state index contributed by atoms with van der Waals surface area (Å²) in [4.78, 5) is 0. The summed E-state index contributed by atoms with van der Waals surface area (Å²) in [7, 11) is 0. The molecule has 18 heavy (non-hydrogen) atoms. The molecule has 1 aliphatic carbocycles. The second-order valence-electron chi connectivity index (χ2n) is 4.86. The molecule has 1 fully saturated rings. The fraction of sp³-hybridized carbons (Fsp3) is 0.538. The maximum Gasteiger partial charge on any atom is 0.419 e. The summed E-state index contributed by atoms with van der Waals surface area (Å²) >= 11 is 0. The van der Waals surface area contributed by atoms with E-state index in [1.54, 1.807) is 0 Å². The summed E-state index contributed by atoms with van der Waals surface area (Å²) in [5.74, 6) is -1.12. The zero-order valence-electron chi connectivity index (χ0n) is 9.80. The smallest absolute Gasteiger partial charge is 0.328 e. The first-order valence-corrected chi connectivity index (χ1v) is 6.00. The molecule has 0 radical (unpaired) electrons. The van der Waals surface area contributed by atoms with Gasteiger partial charge in [0.05, 0.1) is 5.56 Å². The highest BCUT2D eigenvalue weighted by molar-refractivity contribution is 5.29. The van der Waals surface area contributed by atoms with E-state index in [9.17, 15) is 17.6 Å². The van der Waals surface area contributed by atoms with Gasteiger partial charge in [-0.05, 0) is 42.9 Å². The highest BCUT2D eigenvalue weighted by atomic mass is 19.4. The molecule has 2 atom stereocenters. The molecule has 0 saturated heterocycles. The molecule has 2 unspecified atom stereocenters. The van der Waals surface area contributed by atoms with Gasteiger partial charge >= 0.3 is 6.18 Å². The van der Waals surface area contributed by atoms with Crippen LogP contribution in [0.4, 0.5) is 17.6 Å². The first kappa shape index (κ1) is 13.3. The molecule has 0 aliphatic heterocycles. The van der Waals surface area contributed by atoms with Crippen molar-refractivity contribution in [2.45, 2.75) is 43.8 Å². The van der Waals surface area contributed by atoms with Crippen molar-refractivity contribution >= 4 is 0 Å². The van der Waals surface area contributed by atoms with Crippen molar-refractivity contribution in [2.24, 2.45) is 5.73 Å². The van der Waals surface area contributed by atoms with E-state index in [1.807, 2.05) is 0 Å². The Kier molecular flexibility index (Phi) is 3.61. The largest absolute Gasteiger partial charge is 0.419 e. The zero-order chi connectivity index (χ0) is 13.3. The van der Waals surface area contributed by atoms with Crippen molar-refractivity contribution in [3.63, 3.8) is 0 Å². The van der Waals surface area contributed by atoms with Crippen LogP contribution in [0.1, 0.15) is 42.7 Å². The molecule has 0 amide bonds. The normalized spacial score (nSPS) is 25.2. The Bertz CT molecular complexity index is 427. The van der Waals surface area contributed by atoms with E-state index >= 15 is 0 Å². The average Bonchev–Trinajstić information content (AvgIpc) is 2.27. The Morgan fingerprint density at radius 3 is 2.44 bits per heavy atom. The van der Waals surface area contributed by atoms with Crippen molar-refractivity contribution in [3.8, 4) is 0 Å². The lowest BCUT2D eigenvalue weighted by atomic mass is 9.81. The Morgan fingerprint density at radius 1 is 1.17 bits per heavy atom. The molecule has 1 aromatic rings. The van der Waals surface area contributed by atoms with Crippen molar-refractivity contribution in [1.29, 1.82) is 0 Å². The summed E-state index contributed by atoms with van der Waals surface area (Å²) in [6.07, 6.45) is -1.19. The van der Waals surface area contributed by atoms with Crippen LogP contribution in [0, 0.1) is 5.82 Å². The molecule has 1 saturated carbocycles. The fourth-order valence-corrected chi connectivity index (χ4v) is 2.55. The van der Waals surface area contributed by atoms with Gasteiger partial charge in [-0.3, -0.25) is 0 Å². The number of benzene rings is 1. The highest BCUT2D eigenvalue weighted by Crippen LogP contribution is 2.36. The maximum atomic E-state index is 13.4. The third kappa shape index (κ3) is 2.83. The second kappa shape index (κ2) is 4.88. The van der Waals surface area contributed by atoms with Gasteiger partial charge in [-0.25, -0.2) is 4.39 Å². The third-order valence-corrected chi connectivity index (χ3v) is 3.48. The van der Waals surface area contributed by atoms with Crippen molar-refractivity contribution < 1.29 is 17.6 Å². The number of nitrogens with two attached hydrogens (primary N) is 1. The average molecular weight is 261 g/mol. The summed E-state index contributed by atoms with van der Waals surface area (Å²) < 4.78 is 50.7. The van der Waals surface area contributed by atoms with Crippen molar-refractivity contribution in [1.82, 2.24) is 0 Å². The molecule has 100 valence electrons. The first-order chi connectivity index (χ1) is 8.38. The van der Waals surface area contributed by atoms with E-state index in [4.69, 9.17) is 5.73 Å². The molecular weight excluding hydrogens is 246 g/mol. The summed E-state index contributed by atoms with van der Waals surface area (Å²) in [5.41, 5.74) is 5.24. The van der Waals surface area contributed by atoms with Crippen LogP contribution in [0.15, 0.2) is 18.2 Å². The van der Waals surface area contributed by atoms with E-state index in [1.165, 1.54) is 6.07 Å². The van der Waals surface area contributed by atoms with Crippen molar-refractivity contribution in [2.75, 3.05) is 0 Å². The van der Waals surface area contributed by atoms with E-state index < -0.39 is 17.6 Å². The Labute approximate surface area is 103 Å². The lowest BCUT2D eigenvalue weighted by molar-refractivity contribution is -0.140. The number of halogens is 4. The fourth-order valence-electron chi connectivity index (χ4n) is 2.55. The molecule has 0 bridgehead atoms. The van der Waals surface area contributed by atoms with E-state index in [0.29, 0.717) is 12.0 Å². The molecule has 0 heterocycles. The molecule has 5 heteroatoms. The molecule has 1 aliphatic rings. The Balaban J connectivity index is 2.23. The molecular formula is C13H15F4N. The molecule has 0 aromatic heterocycles. The molecule has 2 N–H and O–H groups in total. The van der Waals surface area contributed by atoms with Crippen LogP contribution in [-0.4, -0.2) is 6.04 Å². The molecule has 1 aromatic carbocycles. The number of alkyl halides is 3. The second-order valence-corrected chi connectivity index (χ2v) is 4.86. The van der Waals surface area contributed by atoms with Gasteiger partial charge < -0.3 is 5.73 Å². The quantitative estimate of drug-likeness (QED) is 0.764. The highest BCUT2D eigenvalue weighted by Gasteiger charge is 2.34. The van der Waals surface area contributed by atoms with Gasteiger partial charge in [0.1, 0.15) is 5.82 Å². The van der Waals surface area contributed by atoms with Crippen LogP contribution in [0.3, 0.4) is 0 Å². The monoisotopic (exact) mass is 261 g/mol. The Morgan fingerprint density at radius 2 is 1.89 bits per heavy atom. The Hall–Kier alpha value is -1.10. The minimum Gasteiger partial charge on any atom is -0.328 e. The lowest BCUT2D eigenvalue weighted by Gasteiger charge is -2.27. The minimum absolute atomic E-state index is 0.0640. The summed E-state index contributed by atoms with van der Waals surface area (Å²) in [6, 6.07) is 3.26. The van der Waals surface area contributed by atoms with Gasteiger partial charge in [0, 0.05) is 6.04 Å². The van der Waals surface area contributed by atoms with Gasteiger partial charge in [0.2, 0.25) is 0 Å². The third-order valence-electron chi connectivity index (χ3n) is 3.48. The lowest BCUT2D eigenvalue weighted by Crippen LogP contribution is -2.27. The molecule has 0 spiro atoms. The summed E-state index contributed by atoms with van der Waals surface area (Å²) in [6.45, 7) is 0. The maximum absolute atomic E-state index is 13.4. The summed E-state index contributed by atoms with van der Waals surface area (Å²) in [5, 5.41) is 0. The van der Waals surface area contributed by atoms with Crippen LogP contribution in [0.25, 0.3) is 0 Å². The van der Waals surface area contributed by atoms with Gasteiger partial charge in [-0.2, -0.15) is 13.2 Å². The van der Waals surface area contributed by atoms with Crippen LogP contribution < -0.4 is 5.73 Å². The van der Waals surface area contributed by atoms with Gasteiger partial charge in [0.15, 0.2) is 0 Å². The number of hydrogen-bond donors (Lipinski definition) is 1. The molecule has 1 nitrogen and oxygen atoms in total. The van der Waals surface area contributed by atoms with Crippen LogP contribution in [0.5, 0.6) is 0 Å². The predicted octanol–water partition coefficient (Wildman–Crippen LogP) is 3.83. The van der Waals surface area contributed by atoms with Gasteiger partial charge in [0.25, 0.3) is 0 Å². The van der Waals surface area contributed by atoms with Crippen LogP contribution in [0.2, 0.25) is 0 Å². The topological polar surface area (TPSA) is 26.0 Å². The number of hydrogen-bond acceptors (Lipinski definition) is 1. The van der Waals surface area contributed by atoms with E-state index in [2.05, 4.69) is 0 Å². The van der Waals surface area contributed by atoms with Crippen LogP contribution >= 0.6 is 0 Å². The van der Waals surface area contributed by atoms with Crippen LogP contribution in [-0.2, 0) is 6.18 Å². The van der Waals surface area contributed by atoms with E-state index in [0.717, 1.165) is 31.4 Å². The van der Waals surface area contributed by atoms with Crippen molar-refractivity contribution in [3.05, 3.63) is 35.1 Å². The number of rotatable bonds is 1. The molecule has 2 rings (SSSR count). The minimum atomic E-state index is -4.63. The SMILES string of the molecule is NC1CCCC(c2ccc(C(F)(F)F)c(F)c2)C1. The zero-order valence-corrected chi connectivity index (χ0v) is 9.80.